The average Bonchev–Trinajstić information content (AvgIpc) is 2.94. The van der Waals surface area contributed by atoms with Crippen LogP contribution in [0, 0.1) is 6.92 Å². The molecule has 3 N–H and O–H groups in total. The van der Waals surface area contributed by atoms with Gasteiger partial charge < -0.3 is 24.9 Å². The van der Waals surface area contributed by atoms with Crippen LogP contribution in [0.3, 0.4) is 0 Å². The summed E-state index contributed by atoms with van der Waals surface area (Å²) in [5.41, 5.74) is 0.338. The van der Waals surface area contributed by atoms with Gasteiger partial charge in [-0.25, -0.2) is 9.59 Å². The number of methoxy groups -OCH3 is 1. The predicted octanol–water partition coefficient (Wildman–Crippen LogP) is 1.11. The number of aliphatic carboxylic acids is 1. The van der Waals surface area contributed by atoms with Crippen LogP contribution in [-0.2, 0) is 16.1 Å². The minimum Gasteiger partial charge on any atom is -0.480 e. The maximum Gasteiger partial charge on any atom is 0.341 e. The molecule has 1 fully saturated rings. The van der Waals surface area contributed by atoms with Gasteiger partial charge in [0.05, 0.1) is 20.2 Å². The fraction of sp³-hybridized carbons (Fsp3) is 0.588. The second-order valence-corrected chi connectivity index (χ2v) is 6.28. The molecular weight excluding hydrogens is 342 g/mol. The third-order valence-corrected chi connectivity index (χ3v) is 4.51. The van der Waals surface area contributed by atoms with Crippen molar-refractivity contribution in [2.75, 3.05) is 20.2 Å². The van der Waals surface area contributed by atoms with E-state index < -0.39 is 11.9 Å². The number of nitrogens with zero attached hydrogens (tertiary/aromatic N) is 1. The number of amides is 2. The minimum atomic E-state index is -0.846. The Kier molecular flexibility index (Phi) is 6.62. The molecule has 1 heterocycles. The van der Waals surface area contributed by atoms with E-state index in [2.05, 4.69) is 15.4 Å². The van der Waals surface area contributed by atoms with Crippen LogP contribution >= 0.6 is 0 Å². The molecule has 1 aliphatic rings. The fourth-order valence-electron chi connectivity index (χ4n) is 3.02. The first kappa shape index (κ1) is 19.8. The number of likely N-dealkylation sites (N-methyl/N-ethyl adjacent to an activating group) is 1. The normalized spacial score (nSPS) is 18.9. The highest BCUT2D eigenvalue weighted by Crippen LogP contribution is 2.25. The van der Waals surface area contributed by atoms with Crippen LogP contribution in [-0.4, -0.2) is 60.3 Å². The minimum absolute atomic E-state index is 0.0143. The second kappa shape index (κ2) is 8.70. The highest BCUT2D eigenvalue weighted by atomic mass is 16.5. The molecule has 144 valence electrons. The SMILES string of the molecule is CCN(CC(=O)O)C1CC(NC(=O)NCc2cc(C(=O)OC)c(C)o2)C1. The summed E-state index contributed by atoms with van der Waals surface area (Å²) in [6.45, 7) is 4.40. The molecule has 2 amide bonds. The van der Waals surface area contributed by atoms with Crippen LogP contribution in [0.5, 0.6) is 0 Å². The number of carbonyl (C=O) groups excluding carboxylic acids is 2. The zero-order valence-corrected chi connectivity index (χ0v) is 15.2. The number of carboxylic acid groups (broad SMARTS) is 1. The van der Waals surface area contributed by atoms with Crippen molar-refractivity contribution in [3.63, 3.8) is 0 Å². The molecule has 0 aliphatic heterocycles. The Labute approximate surface area is 151 Å². The molecule has 0 atom stereocenters. The van der Waals surface area contributed by atoms with E-state index in [9.17, 15) is 14.4 Å². The Hall–Kier alpha value is -2.55. The van der Waals surface area contributed by atoms with Crippen molar-refractivity contribution in [3.8, 4) is 0 Å². The van der Waals surface area contributed by atoms with Gasteiger partial charge in [-0.15, -0.1) is 0 Å². The van der Waals surface area contributed by atoms with E-state index in [1.165, 1.54) is 7.11 Å². The van der Waals surface area contributed by atoms with Gasteiger partial charge >= 0.3 is 18.0 Å². The van der Waals surface area contributed by atoms with E-state index in [1.54, 1.807) is 13.0 Å². The number of carboxylic acids is 1. The summed E-state index contributed by atoms with van der Waals surface area (Å²) in [7, 11) is 1.29. The lowest BCUT2D eigenvalue weighted by molar-refractivity contribution is -0.139. The number of rotatable bonds is 8. The van der Waals surface area contributed by atoms with Crippen LogP contribution in [0.4, 0.5) is 4.79 Å². The van der Waals surface area contributed by atoms with E-state index >= 15 is 0 Å². The highest BCUT2D eigenvalue weighted by molar-refractivity contribution is 5.90. The summed E-state index contributed by atoms with van der Waals surface area (Å²) < 4.78 is 10.1. The number of hydrogen-bond acceptors (Lipinski definition) is 6. The van der Waals surface area contributed by atoms with Crippen molar-refractivity contribution in [1.29, 1.82) is 0 Å². The van der Waals surface area contributed by atoms with Gasteiger partial charge in [0.2, 0.25) is 0 Å². The van der Waals surface area contributed by atoms with Crippen molar-refractivity contribution in [1.82, 2.24) is 15.5 Å². The third kappa shape index (κ3) is 4.98. The number of esters is 1. The Balaban J connectivity index is 1.74. The summed E-state index contributed by atoms with van der Waals surface area (Å²) >= 11 is 0. The number of ether oxygens (including phenoxy) is 1. The molecule has 0 aromatic carbocycles. The lowest BCUT2D eigenvalue weighted by Crippen LogP contribution is -2.56. The molecule has 0 saturated heterocycles. The molecule has 0 spiro atoms. The average molecular weight is 367 g/mol. The number of hydrogen-bond donors (Lipinski definition) is 3. The van der Waals surface area contributed by atoms with Crippen molar-refractivity contribution >= 4 is 18.0 Å². The van der Waals surface area contributed by atoms with Crippen molar-refractivity contribution in [2.45, 2.75) is 45.3 Å². The van der Waals surface area contributed by atoms with Crippen LogP contribution in [0.2, 0.25) is 0 Å². The number of aryl methyl sites for hydroxylation is 1. The summed E-state index contributed by atoms with van der Waals surface area (Å²) in [5, 5.41) is 14.4. The van der Waals surface area contributed by atoms with E-state index in [0.29, 0.717) is 23.6 Å². The Morgan fingerprint density at radius 3 is 2.65 bits per heavy atom. The van der Waals surface area contributed by atoms with Gasteiger partial charge in [-0.2, -0.15) is 0 Å². The summed E-state index contributed by atoms with van der Waals surface area (Å²) in [4.78, 5) is 36.2. The molecule has 9 heteroatoms. The molecule has 0 radical (unpaired) electrons. The molecule has 1 aromatic rings. The molecule has 1 aliphatic carbocycles. The molecule has 0 bridgehead atoms. The van der Waals surface area contributed by atoms with E-state index in [1.807, 2.05) is 11.8 Å². The van der Waals surface area contributed by atoms with Crippen molar-refractivity contribution in [3.05, 3.63) is 23.2 Å². The standard InChI is InChI=1S/C17H25N3O6/c1-4-20(9-15(21)22)12-5-11(6-12)19-17(24)18-8-13-7-14(10(2)26-13)16(23)25-3/h7,11-12H,4-6,8-9H2,1-3H3,(H,21,22)(H2,18,19,24). The molecule has 26 heavy (non-hydrogen) atoms. The highest BCUT2D eigenvalue weighted by Gasteiger charge is 2.34. The van der Waals surface area contributed by atoms with Gasteiger partial charge in [0.15, 0.2) is 0 Å². The maximum atomic E-state index is 12.0. The third-order valence-electron chi connectivity index (χ3n) is 4.51. The Bertz CT molecular complexity index is 665. The lowest BCUT2D eigenvalue weighted by Gasteiger charge is -2.42. The topological polar surface area (TPSA) is 121 Å². The number of urea groups is 1. The Morgan fingerprint density at radius 1 is 1.38 bits per heavy atom. The summed E-state index contributed by atoms with van der Waals surface area (Å²) in [5.74, 6) is -0.428. The van der Waals surface area contributed by atoms with Gasteiger partial charge in [0.25, 0.3) is 0 Å². The summed E-state index contributed by atoms with van der Waals surface area (Å²) in [6.07, 6.45) is 1.45. The lowest BCUT2D eigenvalue weighted by atomic mass is 9.85. The zero-order chi connectivity index (χ0) is 19.3. The summed E-state index contributed by atoms with van der Waals surface area (Å²) in [6, 6.07) is 1.42. The van der Waals surface area contributed by atoms with E-state index in [-0.39, 0.29) is 31.2 Å². The smallest absolute Gasteiger partial charge is 0.341 e. The van der Waals surface area contributed by atoms with Gasteiger partial charge in [0, 0.05) is 12.1 Å². The second-order valence-electron chi connectivity index (χ2n) is 6.28. The fourth-order valence-corrected chi connectivity index (χ4v) is 3.02. The van der Waals surface area contributed by atoms with E-state index in [4.69, 9.17) is 9.52 Å². The number of furan rings is 1. The van der Waals surface area contributed by atoms with Gasteiger partial charge in [-0.3, -0.25) is 9.69 Å². The molecule has 9 nitrogen and oxygen atoms in total. The van der Waals surface area contributed by atoms with Crippen molar-refractivity contribution < 1.29 is 28.6 Å². The van der Waals surface area contributed by atoms with Crippen LogP contribution in [0.15, 0.2) is 10.5 Å². The first-order chi connectivity index (χ1) is 12.3. The Morgan fingerprint density at radius 2 is 2.08 bits per heavy atom. The monoisotopic (exact) mass is 367 g/mol. The van der Waals surface area contributed by atoms with Crippen LogP contribution in [0.1, 0.15) is 41.6 Å². The first-order valence-electron chi connectivity index (χ1n) is 8.51. The zero-order valence-electron chi connectivity index (χ0n) is 15.2. The molecule has 1 saturated carbocycles. The van der Waals surface area contributed by atoms with Gasteiger partial charge in [0.1, 0.15) is 17.1 Å². The van der Waals surface area contributed by atoms with E-state index in [0.717, 1.165) is 12.8 Å². The van der Waals surface area contributed by atoms with Gasteiger partial charge in [-0.05, 0) is 32.4 Å². The molecule has 2 rings (SSSR count). The first-order valence-corrected chi connectivity index (χ1v) is 8.51. The molecular formula is C17H25N3O6. The van der Waals surface area contributed by atoms with Crippen LogP contribution in [0.25, 0.3) is 0 Å². The van der Waals surface area contributed by atoms with Crippen LogP contribution < -0.4 is 10.6 Å². The van der Waals surface area contributed by atoms with Crippen molar-refractivity contribution in [2.24, 2.45) is 0 Å². The molecule has 1 aromatic heterocycles. The van der Waals surface area contributed by atoms with Gasteiger partial charge in [-0.1, -0.05) is 6.92 Å². The molecule has 0 unspecified atom stereocenters. The number of nitrogens with one attached hydrogen (secondary N) is 2. The largest absolute Gasteiger partial charge is 0.480 e. The maximum absolute atomic E-state index is 12.0. The quantitative estimate of drug-likeness (QED) is 0.589. The predicted molar refractivity (Wildman–Crippen MR) is 91.8 cm³/mol. The number of carbonyl (C=O) groups is 3.